The van der Waals surface area contributed by atoms with Crippen LogP contribution in [0.5, 0.6) is 0 Å². The number of nitrogens with zero attached hydrogens (tertiary/aromatic N) is 3. The van der Waals surface area contributed by atoms with E-state index in [1.165, 1.54) is 11.8 Å². The van der Waals surface area contributed by atoms with Gasteiger partial charge in [0.15, 0.2) is 11.7 Å². The first-order valence-corrected chi connectivity index (χ1v) is 10.6. The number of nitrogens with one attached hydrogen (secondary N) is 1. The lowest BCUT2D eigenvalue weighted by Gasteiger charge is -2.36. The zero-order valence-corrected chi connectivity index (χ0v) is 20.2. The fourth-order valence-corrected chi connectivity index (χ4v) is 3.95. The highest BCUT2D eigenvalue weighted by atomic mass is 127. The van der Waals surface area contributed by atoms with E-state index >= 15 is 0 Å². The monoisotopic (exact) mass is 542 g/mol. The number of rotatable bonds is 5. The minimum Gasteiger partial charge on any atom is -0.459 e. The summed E-state index contributed by atoms with van der Waals surface area (Å²) in [5.74, 6) is 1.28. The van der Waals surface area contributed by atoms with E-state index in [1.807, 2.05) is 17.0 Å². The Morgan fingerprint density at radius 2 is 1.80 bits per heavy atom. The van der Waals surface area contributed by atoms with Crippen LogP contribution in [0, 0.1) is 0 Å². The molecule has 1 N–H and O–H groups in total. The van der Waals surface area contributed by atoms with Crippen LogP contribution in [0.4, 0.5) is 0 Å². The van der Waals surface area contributed by atoms with Crippen LogP contribution >= 0.6 is 35.6 Å². The van der Waals surface area contributed by atoms with Crippen molar-refractivity contribution in [3.63, 3.8) is 0 Å². The molecule has 30 heavy (non-hydrogen) atoms. The topological polar surface area (TPSA) is 61.1 Å². The molecular weight excluding hydrogens is 515 g/mol. The summed E-state index contributed by atoms with van der Waals surface area (Å²) in [4.78, 5) is 21.5. The first-order valence-electron chi connectivity index (χ1n) is 10.2. The zero-order valence-electron chi connectivity index (χ0n) is 17.1. The van der Waals surface area contributed by atoms with Crippen LogP contribution in [0.2, 0.25) is 5.02 Å². The molecule has 6 nitrogen and oxygen atoms in total. The maximum Gasteiger partial charge on any atom is 0.289 e. The highest BCUT2D eigenvalue weighted by Crippen LogP contribution is 2.48. The zero-order chi connectivity index (χ0) is 20.3. The van der Waals surface area contributed by atoms with Crippen molar-refractivity contribution in [2.24, 2.45) is 4.99 Å². The van der Waals surface area contributed by atoms with Gasteiger partial charge in [0, 0.05) is 43.2 Å². The van der Waals surface area contributed by atoms with Crippen LogP contribution in [-0.4, -0.2) is 60.9 Å². The van der Waals surface area contributed by atoms with Gasteiger partial charge in [-0.05, 0) is 49.6 Å². The maximum atomic E-state index is 12.5. The molecule has 2 fully saturated rings. The second-order valence-corrected chi connectivity index (χ2v) is 8.15. The molecule has 2 heterocycles. The predicted octanol–water partition coefficient (Wildman–Crippen LogP) is 4.01. The number of carbonyl (C=O) groups excluding carboxylic acids is 1. The Morgan fingerprint density at radius 3 is 2.37 bits per heavy atom. The first kappa shape index (κ1) is 22.9. The van der Waals surface area contributed by atoms with E-state index in [0.717, 1.165) is 50.0 Å². The molecule has 0 unspecified atom stereocenters. The SMILES string of the molecule is CCNC(=NCC1(c2ccc(Cl)cc2)CC1)N1CCN(C(=O)c2ccco2)CC1.I. The van der Waals surface area contributed by atoms with Gasteiger partial charge in [-0.1, -0.05) is 23.7 Å². The summed E-state index contributed by atoms with van der Waals surface area (Å²) in [6, 6.07) is 11.6. The lowest BCUT2D eigenvalue weighted by Crippen LogP contribution is -2.53. The van der Waals surface area contributed by atoms with Gasteiger partial charge in [0.2, 0.25) is 0 Å². The average Bonchev–Trinajstić information content (AvgIpc) is 3.33. The van der Waals surface area contributed by atoms with Gasteiger partial charge >= 0.3 is 0 Å². The summed E-state index contributed by atoms with van der Waals surface area (Å²) in [7, 11) is 0. The van der Waals surface area contributed by atoms with E-state index in [2.05, 4.69) is 29.3 Å². The van der Waals surface area contributed by atoms with Gasteiger partial charge in [-0.2, -0.15) is 0 Å². The van der Waals surface area contributed by atoms with Gasteiger partial charge in [0.05, 0.1) is 12.8 Å². The molecule has 1 amide bonds. The van der Waals surface area contributed by atoms with E-state index in [-0.39, 0.29) is 35.3 Å². The lowest BCUT2D eigenvalue weighted by atomic mass is 9.96. The van der Waals surface area contributed by atoms with E-state index in [9.17, 15) is 4.79 Å². The van der Waals surface area contributed by atoms with Crippen molar-refractivity contribution in [3.05, 3.63) is 59.0 Å². The molecule has 1 aromatic carbocycles. The molecule has 8 heteroatoms. The molecule has 0 atom stereocenters. The number of amides is 1. The summed E-state index contributed by atoms with van der Waals surface area (Å²) in [5, 5.41) is 4.18. The number of carbonyl (C=O) groups is 1. The lowest BCUT2D eigenvalue weighted by molar-refractivity contribution is 0.0657. The Balaban J connectivity index is 0.00000256. The molecule has 2 aliphatic rings. The van der Waals surface area contributed by atoms with Crippen molar-refractivity contribution in [3.8, 4) is 0 Å². The van der Waals surface area contributed by atoms with E-state index in [4.69, 9.17) is 21.0 Å². The molecule has 1 saturated carbocycles. The van der Waals surface area contributed by atoms with Crippen molar-refractivity contribution < 1.29 is 9.21 Å². The highest BCUT2D eigenvalue weighted by molar-refractivity contribution is 14.0. The number of hydrogen-bond acceptors (Lipinski definition) is 3. The number of hydrogen-bond donors (Lipinski definition) is 1. The predicted molar refractivity (Wildman–Crippen MR) is 130 cm³/mol. The van der Waals surface area contributed by atoms with Crippen molar-refractivity contribution in [2.75, 3.05) is 39.3 Å². The molecule has 1 saturated heterocycles. The number of benzene rings is 1. The standard InChI is InChI=1S/C22H27ClN4O2.HI/c1-2-24-21(25-16-22(9-10-22)17-5-7-18(23)8-6-17)27-13-11-26(12-14-27)20(28)19-4-3-15-29-19;/h3-8,15H,2,9-14,16H2,1H3,(H,24,25);1H. The van der Waals surface area contributed by atoms with E-state index in [0.29, 0.717) is 18.8 Å². The van der Waals surface area contributed by atoms with Crippen molar-refractivity contribution in [1.29, 1.82) is 0 Å². The fraction of sp³-hybridized carbons (Fsp3) is 0.455. The Labute approximate surface area is 199 Å². The number of halogens is 2. The molecule has 0 radical (unpaired) electrons. The molecule has 2 aromatic rings. The first-order chi connectivity index (χ1) is 14.1. The van der Waals surface area contributed by atoms with Crippen LogP contribution in [0.3, 0.4) is 0 Å². The number of furan rings is 1. The van der Waals surface area contributed by atoms with Gasteiger partial charge < -0.3 is 19.5 Å². The molecule has 1 aliphatic carbocycles. The maximum absolute atomic E-state index is 12.5. The Bertz CT molecular complexity index is 858. The number of aliphatic imine (C=N–C) groups is 1. The van der Waals surface area contributed by atoms with Crippen LogP contribution < -0.4 is 5.32 Å². The van der Waals surface area contributed by atoms with Gasteiger partial charge in [-0.15, -0.1) is 24.0 Å². The second kappa shape index (κ2) is 10.0. The van der Waals surface area contributed by atoms with Crippen molar-refractivity contribution in [1.82, 2.24) is 15.1 Å². The van der Waals surface area contributed by atoms with E-state index < -0.39 is 0 Å². The Hall–Kier alpha value is -1.74. The molecular formula is C22H28ClIN4O2. The summed E-state index contributed by atoms with van der Waals surface area (Å²) in [6.45, 7) is 6.50. The van der Waals surface area contributed by atoms with Crippen molar-refractivity contribution >= 4 is 47.4 Å². The van der Waals surface area contributed by atoms with Crippen LogP contribution in [0.15, 0.2) is 52.1 Å². The average molecular weight is 543 g/mol. The molecule has 1 aromatic heterocycles. The Morgan fingerprint density at radius 1 is 1.13 bits per heavy atom. The van der Waals surface area contributed by atoms with Gasteiger partial charge in [-0.3, -0.25) is 9.79 Å². The minimum atomic E-state index is -0.0451. The third-order valence-corrected chi connectivity index (χ3v) is 6.03. The molecule has 0 spiro atoms. The van der Waals surface area contributed by atoms with Crippen LogP contribution in [-0.2, 0) is 5.41 Å². The van der Waals surface area contributed by atoms with Gasteiger partial charge in [0.25, 0.3) is 5.91 Å². The van der Waals surface area contributed by atoms with Gasteiger partial charge in [-0.25, -0.2) is 0 Å². The smallest absolute Gasteiger partial charge is 0.289 e. The fourth-order valence-electron chi connectivity index (χ4n) is 3.82. The molecule has 1 aliphatic heterocycles. The summed E-state index contributed by atoms with van der Waals surface area (Å²) in [5.41, 5.74) is 1.46. The summed E-state index contributed by atoms with van der Waals surface area (Å²) in [6.07, 6.45) is 3.85. The van der Waals surface area contributed by atoms with Crippen molar-refractivity contribution in [2.45, 2.75) is 25.2 Å². The number of guanidine groups is 1. The van der Waals surface area contributed by atoms with Crippen LogP contribution in [0.25, 0.3) is 0 Å². The third-order valence-electron chi connectivity index (χ3n) is 5.77. The minimum absolute atomic E-state index is 0. The highest BCUT2D eigenvalue weighted by Gasteiger charge is 2.44. The Kier molecular flexibility index (Phi) is 7.68. The molecule has 162 valence electrons. The number of piperazine rings is 1. The summed E-state index contributed by atoms with van der Waals surface area (Å²) < 4.78 is 5.24. The van der Waals surface area contributed by atoms with Gasteiger partial charge in [0.1, 0.15) is 0 Å². The second-order valence-electron chi connectivity index (χ2n) is 7.71. The molecule has 4 rings (SSSR count). The largest absolute Gasteiger partial charge is 0.459 e. The van der Waals surface area contributed by atoms with E-state index in [1.54, 1.807) is 12.1 Å². The quantitative estimate of drug-likeness (QED) is 0.352. The van der Waals surface area contributed by atoms with Crippen LogP contribution in [0.1, 0.15) is 35.9 Å². The summed E-state index contributed by atoms with van der Waals surface area (Å²) >= 11 is 6.04. The normalized spacial score (nSPS) is 18.0. The third kappa shape index (κ3) is 5.11. The molecule has 0 bridgehead atoms.